The maximum absolute atomic E-state index is 2.67. The fraction of sp³-hybridized carbons (Fsp3) is 0.556. The van der Waals surface area contributed by atoms with E-state index in [0.717, 1.165) is 0 Å². The summed E-state index contributed by atoms with van der Waals surface area (Å²) >= 11 is -1.48. The van der Waals surface area contributed by atoms with E-state index in [1.807, 2.05) is 6.56 Å². The molecule has 0 aromatic rings. The molecule has 2 heteroatoms. The van der Waals surface area contributed by atoms with Gasteiger partial charge >= 0.3 is 133 Å². The van der Waals surface area contributed by atoms with Crippen molar-refractivity contribution in [3.05, 3.63) is 42.0 Å². The van der Waals surface area contributed by atoms with Crippen LogP contribution < -0.4 is 0 Å². The van der Waals surface area contributed by atoms with Crippen LogP contribution in [0.4, 0.5) is 0 Å². The Morgan fingerprint density at radius 3 is 2.40 bits per heavy atom. The summed E-state index contributed by atoms with van der Waals surface area (Å²) in [6.07, 6.45) is 17.7. The minimum absolute atomic E-state index is 0.121. The summed E-state index contributed by atoms with van der Waals surface area (Å²) in [6.45, 7) is 9.78. The topological polar surface area (TPSA) is 0 Å². The molecule has 0 saturated heterocycles. The molecule has 0 unspecified atom stereocenters. The van der Waals surface area contributed by atoms with Crippen molar-refractivity contribution in [2.75, 3.05) is 0 Å². The second-order valence-electron chi connectivity index (χ2n) is 6.17. The third kappa shape index (κ3) is 3.83. The van der Waals surface area contributed by atoms with Crippen LogP contribution in [0.5, 0.6) is 0 Å². The molecular weight excluding hydrogens is 336 g/mol. The molecule has 2 aliphatic rings. The van der Waals surface area contributed by atoms with Gasteiger partial charge in [-0.2, -0.15) is 0 Å². The molecule has 108 valence electrons. The van der Waals surface area contributed by atoms with Crippen molar-refractivity contribution in [1.82, 2.24) is 0 Å². The molecule has 0 heterocycles. The van der Waals surface area contributed by atoms with Crippen LogP contribution in [0.3, 0.4) is 0 Å². The van der Waals surface area contributed by atoms with Gasteiger partial charge in [-0.1, -0.05) is 0 Å². The van der Waals surface area contributed by atoms with Crippen molar-refractivity contribution in [3.8, 4) is 0 Å². The minimum atomic E-state index is -1.48. The Hall–Kier alpha value is 0.0600. The van der Waals surface area contributed by atoms with E-state index in [1.54, 1.807) is 11.1 Å². The predicted octanol–water partition coefficient (Wildman–Crippen LogP) is 5.88. The molecule has 0 saturated carbocycles. The van der Waals surface area contributed by atoms with E-state index >= 15 is 0 Å². The van der Waals surface area contributed by atoms with E-state index in [2.05, 4.69) is 51.2 Å². The fourth-order valence-corrected chi connectivity index (χ4v) is 20.4. The number of hydrogen-bond acceptors (Lipinski definition) is 0. The first-order chi connectivity index (χ1) is 9.67. The van der Waals surface area contributed by atoms with Crippen LogP contribution >= 0.6 is 0 Å². The zero-order valence-corrected chi connectivity index (χ0v) is 17.0. The molecule has 0 aliphatic heterocycles. The van der Waals surface area contributed by atoms with E-state index in [-0.39, 0.29) is 5.43 Å². The van der Waals surface area contributed by atoms with Gasteiger partial charge in [-0.15, -0.1) is 0 Å². The van der Waals surface area contributed by atoms with Crippen molar-refractivity contribution in [2.45, 2.75) is 65.5 Å². The monoisotopic (exact) mass is 362 g/mol. The van der Waals surface area contributed by atoms with Gasteiger partial charge in [0.05, 0.1) is 0 Å². The zero-order chi connectivity index (χ0) is 14.5. The summed E-state index contributed by atoms with van der Waals surface area (Å²) in [6, 6.07) is 0. The Bertz CT molecular complexity index is 526. The van der Waals surface area contributed by atoms with Gasteiger partial charge in [0.1, 0.15) is 0 Å². The molecule has 0 radical (unpaired) electrons. The van der Waals surface area contributed by atoms with Gasteiger partial charge in [-0.3, -0.25) is 0 Å². The third-order valence-electron chi connectivity index (χ3n) is 4.19. The standard InChI is InChI=1S/C11H17.C5H5.C2H6Si.Zr/c1-3-6-10-8-5-9-11(10)7-4-2;1-2-4-5-3-1;1-3-2;/h8H,3-4,6-7,9H2,1-2H3;1-3H,4H2;1-2H3;. The molecule has 0 N–H and O–H groups in total. The molecule has 0 aromatic heterocycles. The Kier molecular flexibility index (Phi) is 6.49. The molecule has 0 atom stereocenters. The van der Waals surface area contributed by atoms with Gasteiger partial charge in [-0.05, 0) is 0 Å². The van der Waals surface area contributed by atoms with Crippen LogP contribution in [0.1, 0.15) is 52.4 Å². The molecule has 2 aliphatic carbocycles. The Labute approximate surface area is 132 Å². The molecule has 0 fully saturated rings. The van der Waals surface area contributed by atoms with Gasteiger partial charge in [0.15, 0.2) is 0 Å². The maximum atomic E-state index is 2.67. The number of rotatable bonds is 6. The summed E-state index contributed by atoms with van der Waals surface area (Å²) < 4.78 is 3.79. The second kappa shape index (κ2) is 7.90. The van der Waals surface area contributed by atoms with Crippen LogP contribution in [-0.2, 0) is 20.4 Å². The zero-order valence-electron chi connectivity index (χ0n) is 13.6. The molecule has 0 nitrogen and oxygen atoms in total. The van der Waals surface area contributed by atoms with Crippen LogP contribution in [0, 0.1) is 0 Å². The molecule has 0 amide bonds. The third-order valence-corrected chi connectivity index (χ3v) is 21.2. The van der Waals surface area contributed by atoms with Gasteiger partial charge in [-0.25, -0.2) is 0 Å². The molecule has 0 bridgehead atoms. The molecule has 20 heavy (non-hydrogen) atoms. The first kappa shape index (κ1) is 16.4. The molecule has 2 rings (SSSR count). The van der Waals surface area contributed by atoms with Gasteiger partial charge in [0.25, 0.3) is 0 Å². The summed E-state index contributed by atoms with van der Waals surface area (Å²) in [5.74, 6) is 0. The summed E-state index contributed by atoms with van der Waals surface area (Å²) in [4.78, 5) is 0. The van der Waals surface area contributed by atoms with E-state index in [9.17, 15) is 0 Å². The summed E-state index contributed by atoms with van der Waals surface area (Å²) in [5.41, 5.74) is 3.39. The first-order valence-corrected chi connectivity index (χ1v) is 16.8. The normalized spacial score (nSPS) is 17.6. The second-order valence-corrected chi connectivity index (χ2v) is 23.5. The van der Waals surface area contributed by atoms with Crippen molar-refractivity contribution >= 4 is 5.43 Å². The summed E-state index contributed by atoms with van der Waals surface area (Å²) in [7, 11) is 0. The fourth-order valence-electron chi connectivity index (χ4n) is 3.42. The van der Waals surface area contributed by atoms with E-state index in [1.165, 1.54) is 38.5 Å². The van der Waals surface area contributed by atoms with Crippen molar-refractivity contribution in [1.29, 1.82) is 0 Å². The first-order valence-electron chi connectivity index (χ1n) is 8.12. The number of allylic oxidation sites excluding steroid dienone is 8. The van der Waals surface area contributed by atoms with Gasteiger partial charge in [0.2, 0.25) is 0 Å². The average molecular weight is 364 g/mol. The summed E-state index contributed by atoms with van der Waals surface area (Å²) in [5, 5.41) is 0. The van der Waals surface area contributed by atoms with E-state index in [4.69, 9.17) is 0 Å². The Morgan fingerprint density at radius 1 is 1.10 bits per heavy atom. The van der Waals surface area contributed by atoms with Crippen LogP contribution in [0.15, 0.2) is 42.0 Å². The van der Waals surface area contributed by atoms with Crippen molar-refractivity contribution in [3.63, 3.8) is 0 Å². The predicted molar refractivity (Wildman–Crippen MR) is 88.9 cm³/mol. The van der Waals surface area contributed by atoms with Crippen LogP contribution in [0.25, 0.3) is 0 Å². The van der Waals surface area contributed by atoms with E-state index in [0.29, 0.717) is 0 Å². The Morgan fingerprint density at radius 2 is 1.85 bits per heavy atom. The average Bonchev–Trinajstić information content (AvgIpc) is 3.02. The Balaban J connectivity index is 2.26. The van der Waals surface area contributed by atoms with Crippen molar-refractivity contribution < 1.29 is 20.4 Å². The van der Waals surface area contributed by atoms with Crippen molar-refractivity contribution in [2.24, 2.45) is 0 Å². The quantitative estimate of drug-likeness (QED) is 0.517. The van der Waals surface area contributed by atoms with Gasteiger partial charge in [0, 0.05) is 0 Å². The van der Waals surface area contributed by atoms with Crippen LogP contribution in [-0.4, -0.2) is 5.43 Å². The number of hydrogen-bond donors (Lipinski definition) is 0. The van der Waals surface area contributed by atoms with Gasteiger partial charge < -0.3 is 0 Å². The molecule has 0 aromatic carbocycles. The molecule has 0 spiro atoms. The van der Waals surface area contributed by atoms with Crippen LogP contribution in [0.2, 0.25) is 13.1 Å². The SMILES string of the molecule is CCCC1=C(CCC)C[C]([Zr]([C]2=CC=CC2)=[Si](C)C)=C1. The van der Waals surface area contributed by atoms with E-state index < -0.39 is 20.4 Å². The molecular formula is C18H28SiZr.